The van der Waals surface area contributed by atoms with Crippen molar-refractivity contribution >= 4 is 0 Å². The number of benzene rings is 1. The summed E-state index contributed by atoms with van der Waals surface area (Å²) in [5.74, 6) is 1.79. The first kappa shape index (κ1) is 14.4. The molecule has 0 bridgehead atoms. The second kappa shape index (κ2) is 7.51. The van der Waals surface area contributed by atoms with Crippen molar-refractivity contribution in [3.8, 4) is 5.75 Å². The highest BCUT2D eigenvalue weighted by Gasteiger charge is 2.11. The van der Waals surface area contributed by atoms with Crippen LogP contribution in [0.1, 0.15) is 24.0 Å². The Morgan fingerprint density at radius 1 is 1.42 bits per heavy atom. The van der Waals surface area contributed by atoms with Gasteiger partial charge in [-0.1, -0.05) is 12.1 Å². The van der Waals surface area contributed by atoms with Crippen molar-refractivity contribution < 1.29 is 4.74 Å². The Balaban J connectivity index is 1.69. The maximum atomic E-state index is 5.28. The largest absolute Gasteiger partial charge is 0.496 e. The first-order valence-corrected chi connectivity index (χ1v) is 7.34. The van der Waals surface area contributed by atoms with Gasteiger partial charge in [0.25, 0.3) is 0 Å². The summed E-state index contributed by atoms with van der Waals surface area (Å²) in [4.78, 5) is 0. The molecular formula is C16H26N2O. The van der Waals surface area contributed by atoms with E-state index in [0.29, 0.717) is 0 Å². The highest BCUT2D eigenvalue weighted by atomic mass is 16.5. The molecule has 0 spiro atoms. The fraction of sp³-hybridized carbons (Fsp3) is 0.625. The SMILES string of the molecule is COc1ccc(CCNCC2CCCNC2)cc1C. The minimum atomic E-state index is 0.811. The van der Waals surface area contributed by atoms with Crippen LogP contribution in [-0.2, 0) is 6.42 Å². The summed E-state index contributed by atoms with van der Waals surface area (Å²) in [6.45, 7) is 6.67. The van der Waals surface area contributed by atoms with Gasteiger partial charge in [0.1, 0.15) is 5.75 Å². The highest BCUT2D eigenvalue weighted by molar-refractivity contribution is 5.36. The molecule has 1 atom stereocenters. The van der Waals surface area contributed by atoms with Crippen LogP contribution in [0, 0.1) is 12.8 Å². The summed E-state index contributed by atoms with van der Waals surface area (Å²) >= 11 is 0. The van der Waals surface area contributed by atoms with Crippen LogP contribution < -0.4 is 15.4 Å². The Labute approximate surface area is 116 Å². The average molecular weight is 262 g/mol. The molecule has 0 aromatic heterocycles. The molecular weight excluding hydrogens is 236 g/mol. The van der Waals surface area contributed by atoms with Crippen LogP contribution in [0.3, 0.4) is 0 Å². The molecule has 1 saturated heterocycles. The van der Waals surface area contributed by atoms with Crippen molar-refractivity contribution in [1.29, 1.82) is 0 Å². The van der Waals surface area contributed by atoms with Gasteiger partial charge in [-0.2, -0.15) is 0 Å². The predicted molar refractivity (Wildman–Crippen MR) is 79.9 cm³/mol. The van der Waals surface area contributed by atoms with Crippen molar-refractivity contribution in [3.63, 3.8) is 0 Å². The lowest BCUT2D eigenvalue weighted by Gasteiger charge is -2.23. The molecule has 0 saturated carbocycles. The average Bonchev–Trinajstić information content (AvgIpc) is 2.45. The summed E-state index contributed by atoms with van der Waals surface area (Å²) in [5.41, 5.74) is 2.60. The van der Waals surface area contributed by atoms with Crippen LogP contribution in [0.15, 0.2) is 18.2 Å². The van der Waals surface area contributed by atoms with E-state index in [1.54, 1.807) is 7.11 Å². The van der Waals surface area contributed by atoms with Gasteiger partial charge in [-0.15, -0.1) is 0 Å². The first-order chi connectivity index (χ1) is 9.29. The smallest absolute Gasteiger partial charge is 0.121 e. The summed E-state index contributed by atoms with van der Waals surface area (Å²) < 4.78 is 5.28. The number of aryl methyl sites for hydroxylation is 1. The third-order valence-corrected chi connectivity index (χ3v) is 3.88. The van der Waals surface area contributed by atoms with Gasteiger partial charge >= 0.3 is 0 Å². The van der Waals surface area contributed by atoms with Gasteiger partial charge in [-0.3, -0.25) is 0 Å². The summed E-state index contributed by atoms with van der Waals surface area (Å²) in [6.07, 6.45) is 3.77. The third kappa shape index (κ3) is 4.51. The predicted octanol–water partition coefficient (Wildman–Crippen LogP) is 2.14. The van der Waals surface area contributed by atoms with Crippen LogP contribution in [0.4, 0.5) is 0 Å². The Morgan fingerprint density at radius 2 is 2.32 bits per heavy atom. The van der Waals surface area contributed by atoms with Crippen molar-refractivity contribution in [2.45, 2.75) is 26.2 Å². The second-order valence-electron chi connectivity index (χ2n) is 5.47. The number of nitrogens with one attached hydrogen (secondary N) is 2. The van der Waals surface area contributed by atoms with Crippen LogP contribution in [0.2, 0.25) is 0 Å². The van der Waals surface area contributed by atoms with Crippen LogP contribution in [0.5, 0.6) is 5.75 Å². The molecule has 1 aliphatic rings. The molecule has 0 radical (unpaired) electrons. The van der Waals surface area contributed by atoms with E-state index in [9.17, 15) is 0 Å². The van der Waals surface area contributed by atoms with Gasteiger partial charge < -0.3 is 15.4 Å². The van der Waals surface area contributed by atoms with Gasteiger partial charge in [0.15, 0.2) is 0 Å². The monoisotopic (exact) mass is 262 g/mol. The molecule has 0 aliphatic carbocycles. The molecule has 19 heavy (non-hydrogen) atoms. The number of hydrogen-bond donors (Lipinski definition) is 2. The Kier molecular flexibility index (Phi) is 5.67. The van der Waals surface area contributed by atoms with Crippen LogP contribution in [0.25, 0.3) is 0 Å². The first-order valence-electron chi connectivity index (χ1n) is 7.34. The minimum absolute atomic E-state index is 0.811. The molecule has 1 aliphatic heterocycles. The molecule has 1 fully saturated rings. The highest BCUT2D eigenvalue weighted by Crippen LogP contribution is 2.18. The van der Waals surface area contributed by atoms with Gasteiger partial charge in [-0.25, -0.2) is 0 Å². The Hall–Kier alpha value is -1.06. The quantitative estimate of drug-likeness (QED) is 0.771. The van der Waals surface area contributed by atoms with E-state index in [4.69, 9.17) is 4.74 Å². The van der Waals surface area contributed by atoms with Crippen molar-refractivity contribution in [3.05, 3.63) is 29.3 Å². The van der Waals surface area contributed by atoms with Gasteiger partial charge in [0.05, 0.1) is 7.11 Å². The molecule has 1 aromatic carbocycles. The maximum Gasteiger partial charge on any atom is 0.121 e. The molecule has 3 heteroatoms. The lowest BCUT2D eigenvalue weighted by atomic mass is 10.00. The summed E-state index contributed by atoms with van der Waals surface area (Å²) in [6, 6.07) is 6.45. The van der Waals surface area contributed by atoms with Crippen LogP contribution in [-0.4, -0.2) is 33.3 Å². The normalized spacial score (nSPS) is 19.4. The van der Waals surface area contributed by atoms with E-state index in [1.807, 2.05) is 0 Å². The lowest BCUT2D eigenvalue weighted by molar-refractivity contribution is 0.361. The molecule has 3 nitrogen and oxygen atoms in total. The van der Waals surface area contributed by atoms with Crippen molar-refractivity contribution in [2.75, 3.05) is 33.3 Å². The fourth-order valence-electron chi connectivity index (χ4n) is 2.73. The van der Waals surface area contributed by atoms with Gasteiger partial charge in [-0.05, 0) is 75.5 Å². The molecule has 106 valence electrons. The number of methoxy groups -OCH3 is 1. The molecule has 2 rings (SSSR count). The van der Waals surface area contributed by atoms with Crippen molar-refractivity contribution in [2.24, 2.45) is 5.92 Å². The zero-order valence-electron chi connectivity index (χ0n) is 12.2. The fourth-order valence-corrected chi connectivity index (χ4v) is 2.73. The number of rotatable bonds is 6. The third-order valence-electron chi connectivity index (χ3n) is 3.88. The van der Waals surface area contributed by atoms with E-state index >= 15 is 0 Å². The maximum absolute atomic E-state index is 5.28. The standard InChI is InChI=1S/C16H26N2O/c1-13-10-14(5-6-16(13)19-2)7-9-18-12-15-4-3-8-17-11-15/h5-6,10,15,17-18H,3-4,7-9,11-12H2,1-2H3. The van der Waals surface area contributed by atoms with E-state index in [2.05, 4.69) is 35.8 Å². The molecule has 0 amide bonds. The topological polar surface area (TPSA) is 33.3 Å². The number of hydrogen-bond acceptors (Lipinski definition) is 3. The number of ether oxygens (including phenoxy) is 1. The van der Waals surface area contributed by atoms with Gasteiger partial charge in [0, 0.05) is 0 Å². The van der Waals surface area contributed by atoms with E-state index in [-0.39, 0.29) is 0 Å². The second-order valence-corrected chi connectivity index (χ2v) is 5.47. The zero-order valence-corrected chi connectivity index (χ0v) is 12.2. The van der Waals surface area contributed by atoms with Crippen LogP contribution >= 0.6 is 0 Å². The van der Waals surface area contributed by atoms with E-state index < -0.39 is 0 Å². The lowest BCUT2D eigenvalue weighted by Crippen LogP contribution is -2.36. The molecule has 1 aromatic rings. The summed E-state index contributed by atoms with van der Waals surface area (Å²) in [5, 5.41) is 7.04. The zero-order chi connectivity index (χ0) is 13.5. The van der Waals surface area contributed by atoms with Gasteiger partial charge in [0.2, 0.25) is 0 Å². The summed E-state index contributed by atoms with van der Waals surface area (Å²) in [7, 11) is 1.72. The molecule has 1 heterocycles. The minimum Gasteiger partial charge on any atom is -0.496 e. The van der Waals surface area contributed by atoms with E-state index in [1.165, 1.54) is 37.1 Å². The molecule has 1 unspecified atom stereocenters. The molecule has 2 N–H and O–H groups in total. The van der Waals surface area contributed by atoms with E-state index in [0.717, 1.165) is 31.2 Å². The number of piperidine rings is 1. The Morgan fingerprint density at radius 3 is 3.00 bits per heavy atom. The Bertz CT molecular complexity index is 386. The van der Waals surface area contributed by atoms with Crippen molar-refractivity contribution in [1.82, 2.24) is 10.6 Å².